The molecule has 1 aromatic heterocycles. The lowest BCUT2D eigenvalue weighted by atomic mass is 10.0. The molecule has 0 aliphatic carbocycles. The molecule has 1 aromatic rings. The molecular formula is C14H23N3O2. The van der Waals surface area contributed by atoms with Gasteiger partial charge in [0.25, 0.3) is 0 Å². The summed E-state index contributed by atoms with van der Waals surface area (Å²) in [4.78, 5) is 8.74. The summed E-state index contributed by atoms with van der Waals surface area (Å²) in [5, 5.41) is 3.28. The Kier molecular flexibility index (Phi) is 4.37. The lowest BCUT2D eigenvalue weighted by Gasteiger charge is -2.26. The van der Waals surface area contributed by atoms with Gasteiger partial charge in [0.2, 0.25) is 5.95 Å². The van der Waals surface area contributed by atoms with Crippen LogP contribution in [0.4, 0.5) is 5.95 Å². The van der Waals surface area contributed by atoms with Crippen molar-refractivity contribution in [1.82, 2.24) is 9.97 Å². The van der Waals surface area contributed by atoms with Gasteiger partial charge in [-0.1, -0.05) is 6.92 Å². The van der Waals surface area contributed by atoms with E-state index in [0.717, 1.165) is 24.4 Å². The van der Waals surface area contributed by atoms with Crippen LogP contribution in [0, 0.1) is 19.8 Å². The third kappa shape index (κ3) is 4.14. The van der Waals surface area contributed by atoms with Gasteiger partial charge in [0.05, 0.1) is 13.2 Å². The van der Waals surface area contributed by atoms with Gasteiger partial charge >= 0.3 is 0 Å². The highest BCUT2D eigenvalue weighted by molar-refractivity contribution is 5.27. The zero-order valence-electron chi connectivity index (χ0n) is 12.2. The molecule has 2 rings (SSSR count). The van der Waals surface area contributed by atoms with Crippen LogP contribution in [0.25, 0.3) is 0 Å². The second kappa shape index (κ2) is 5.84. The maximum absolute atomic E-state index is 5.62. The number of rotatable bonds is 5. The Bertz CT molecular complexity index is 410. The maximum Gasteiger partial charge on any atom is 0.223 e. The van der Waals surface area contributed by atoms with E-state index in [1.807, 2.05) is 26.8 Å². The van der Waals surface area contributed by atoms with Crippen molar-refractivity contribution in [2.45, 2.75) is 39.9 Å². The van der Waals surface area contributed by atoms with E-state index in [1.54, 1.807) is 0 Å². The number of nitrogens with one attached hydrogen (secondary N) is 1. The minimum atomic E-state index is -0.426. The summed E-state index contributed by atoms with van der Waals surface area (Å²) in [6.45, 7) is 10.3. The predicted molar refractivity (Wildman–Crippen MR) is 74.1 cm³/mol. The molecule has 0 aromatic carbocycles. The molecule has 106 valence electrons. The molecule has 1 saturated heterocycles. The van der Waals surface area contributed by atoms with Crippen LogP contribution >= 0.6 is 0 Å². The van der Waals surface area contributed by atoms with E-state index in [-0.39, 0.29) is 0 Å². The molecule has 1 fully saturated rings. The highest BCUT2D eigenvalue weighted by atomic mass is 16.7. The van der Waals surface area contributed by atoms with E-state index < -0.39 is 5.79 Å². The molecule has 1 aliphatic rings. The van der Waals surface area contributed by atoms with Crippen molar-refractivity contribution >= 4 is 5.95 Å². The molecule has 5 heteroatoms. The number of anilines is 1. The summed E-state index contributed by atoms with van der Waals surface area (Å²) in [5.41, 5.74) is 1.97. The van der Waals surface area contributed by atoms with E-state index >= 15 is 0 Å². The summed E-state index contributed by atoms with van der Waals surface area (Å²) in [5.74, 6) is 0.695. The normalized spacial score (nSPS) is 19.4. The standard InChI is InChI=1S/C14H23N3O2/c1-10(8-14(4)18-5-6-19-14)9-15-13-16-11(2)7-12(3)17-13/h7,10H,5-6,8-9H2,1-4H3,(H,15,16,17). The van der Waals surface area contributed by atoms with E-state index in [1.165, 1.54) is 0 Å². The van der Waals surface area contributed by atoms with E-state index in [2.05, 4.69) is 22.2 Å². The lowest BCUT2D eigenvalue weighted by molar-refractivity contribution is -0.153. The van der Waals surface area contributed by atoms with Crippen molar-refractivity contribution in [3.8, 4) is 0 Å². The fourth-order valence-electron chi connectivity index (χ4n) is 2.45. The Morgan fingerprint density at radius 3 is 2.42 bits per heavy atom. The largest absolute Gasteiger partial charge is 0.354 e. The summed E-state index contributed by atoms with van der Waals surface area (Å²) in [7, 11) is 0. The van der Waals surface area contributed by atoms with Gasteiger partial charge in [-0.2, -0.15) is 0 Å². The van der Waals surface area contributed by atoms with Crippen molar-refractivity contribution in [2.75, 3.05) is 25.1 Å². The molecule has 0 amide bonds. The quantitative estimate of drug-likeness (QED) is 0.885. The van der Waals surface area contributed by atoms with Gasteiger partial charge < -0.3 is 14.8 Å². The highest BCUT2D eigenvalue weighted by Crippen LogP contribution is 2.26. The van der Waals surface area contributed by atoms with Gasteiger partial charge in [0.15, 0.2) is 5.79 Å². The van der Waals surface area contributed by atoms with Gasteiger partial charge in [0.1, 0.15) is 0 Å². The van der Waals surface area contributed by atoms with Crippen LogP contribution in [0.15, 0.2) is 6.07 Å². The average molecular weight is 265 g/mol. The second-order valence-corrected chi connectivity index (χ2v) is 5.50. The molecule has 0 spiro atoms. The van der Waals surface area contributed by atoms with Gasteiger partial charge in [-0.05, 0) is 32.8 Å². The summed E-state index contributed by atoms with van der Waals surface area (Å²) >= 11 is 0. The molecule has 0 saturated carbocycles. The summed E-state index contributed by atoms with van der Waals surface area (Å²) in [6.07, 6.45) is 0.866. The molecule has 0 radical (unpaired) electrons. The topological polar surface area (TPSA) is 56.3 Å². The predicted octanol–water partition coefficient (Wildman–Crippen LogP) is 2.29. The third-order valence-corrected chi connectivity index (χ3v) is 3.21. The Hall–Kier alpha value is -1.20. The molecule has 2 heterocycles. The van der Waals surface area contributed by atoms with Crippen LogP contribution in [-0.4, -0.2) is 35.5 Å². The molecule has 1 atom stereocenters. The average Bonchev–Trinajstić information content (AvgIpc) is 2.72. The number of hydrogen-bond acceptors (Lipinski definition) is 5. The molecule has 5 nitrogen and oxygen atoms in total. The molecule has 0 bridgehead atoms. The van der Waals surface area contributed by atoms with Crippen LogP contribution in [0.2, 0.25) is 0 Å². The van der Waals surface area contributed by atoms with Crippen LogP contribution in [0.3, 0.4) is 0 Å². The molecular weight excluding hydrogens is 242 g/mol. The van der Waals surface area contributed by atoms with Crippen molar-refractivity contribution < 1.29 is 9.47 Å². The zero-order valence-corrected chi connectivity index (χ0v) is 12.2. The Balaban J connectivity index is 1.84. The number of hydrogen-bond donors (Lipinski definition) is 1. The van der Waals surface area contributed by atoms with Gasteiger partial charge in [-0.25, -0.2) is 9.97 Å². The van der Waals surface area contributed by atoms with Gasteiger partial charge in [-0.15, -0.1) is 0 Å². The number of aromatic nitrogens is 2. The van der Waals surface area contributed by atoms with E-state index in [4.69, 9.17) is 9.47 Å². The van der Waals surface area contributed by atoms with E-state index in [0.29, 0.717) is 25.1 Å². The number of nitrogens with zero attached hydrogens (tertiary/aromatic N) is 2. The van der Waals surface area contributed by atoms with Crippen LogP contribution in [-0.2, 0) is 9.47 Å². The first-order chi connectivity index (χ1) is 8.97. The van der Waals surface area contributed by atoms with Crippen molar-refractivity contribution in [3.63, 3.8) is 0 Å². The third-order valence-electron chi connectivity index (χ3n) is 3.21. The Morgan fingerprint density at radius 2 is 1.84 bits per heavy atom. The number of aryl methyl sites for hydroxylation is 2. The molecule has 19 heavy (non-hydrogen) atoms. The zero-order chi connectivity index (χ0) is 13.9. The molecule has 1 aliphatic heterocycles. The minimum absolute atomic E-state index is 0.424. The highest BCUT2D eigenvalue weighted by Gasteiger charge is 2.32. The first-order valence-electron chi connectivity index (χ1n) is 6.81. The van der Waals surface area contributed by atoms with Crippen molar-refractivity contribution in [2.24, 2.45) is 5.92 Å². The Labute approximate surface area is 114 Å². The summed E-state index contributed by atoms with van der Waals surface area (Å²) < 4.78 is 11.2. The summed E-state index contributed by atoms with van der Waals surface area (Å²) in [6, 6.07) is 1.97. The molecule has 1 unspecified atom stereocenters. The van der Waals surface area contributed by atoms with Crippen molar-refractivity contribution in [1.29, 1.82) is 0 Å². The first-order valence-corrected chi connectivity index (χ1v) is 6.81. The minimum Gasteiger partial charge on any atom is -0.354 e. The smallest absolute Gasteiger partial charge is 0.223 e. The van der Waals surface area contributed by atoms with Gasteiger partial charge in [0, 0.05) is 24.4 Å². The van der Waals surface area contributed by atoms with Crippen molar-refractivity contribution in [3.05, 3.63) is 17.5 Å². The van der Waals surface area contributed by atoms with E-state index in [9.17, 15) is 0 Å². The lowest BCUT2D eigenvalue weighted by Crippen LogP contribution is -2.30. The van der Waals surface area contributed by atoms with Crippen LogP contribution < -0.4 is 5.32 Å². The number of ether oxygens (including phenoxy) is 2. The maximum atomic E-state index is 5.62. The fraction of sp³-hybridized carbons (Fsp3) is 0.714. The monoisotopic (exact) mass is 265 g/mol. The molecule has 1 N–H and O–H groups in total. The fourth-order valence-corrected chi connectivity index (χ4v) is 2.45. The van der Waals surface area contributed by atoms with Crippen LogP contribution in [0.5, 0.6) is 0 Å². The first kappa shape index (κ1) is 14.2. The SMILES string of the molecule is Cc1cc(C)nc(NCC(C)CC2(C)OCCO2)n1. The van der Waals surface area contributed by atoms with Crippen LogP contribution in [0.1, 0.15) is 31.7 Å². The van der Waals surface area contributed by atoms with Gasteiger partial charge in [-0.3, -0.25) is 0 Å². The second-order valence-electron chi connectivity index (χ2n) is 5.50. The Morgan fingerprint density at radius 1 is 1.26 bits per heavy atom.